The second-order valence-electron chi connectivity index (χ2n) is 19.4. The highest BCUT2D eigenvalue weighted by Gasteiger charge is 2.51. The van der Waals surface area contributed by atoms with Crippen LogP contribution < -0.4 is 0 Å². The molecule has 0 aromatic carbocycles. The lowest BCUT2D eigenvalue weighted by molar-refractivity contribution is -0.220. The van der Waals surface area contributed by atoms with Gasteiger partial charge >= 0.3 is 13.8 Å². The van der Waals surface area contributed by atoms with Crippen LogP contribution in [0.2, 0.25) is 0 Å². The van der Waals surface area contributed by atoms with Crippen molar-refractivity contribution in [3.8, 4) is 0 Å². The summed E-state index contributed by atoms with van der Waals surface area (Å²) in [6.45, 7) is 4.28. The molecular formula is C54H103O12P. The van der Waals surface area contributed by atoms with E-state index in [1.807, 2.05) is 0 Å². The first-order chi connectivity index (χ1) is 32.5. The number of hydrogen-bond donors (Lipinski definition) is 6. The van der Waals surface area contributed by atoms with E-state index in [0.717, 1.165) is 51.4 Å². The van der Waals surface area contributed by atoms with E-state index >= 15 is 0 Å². The van der Waals surface area contributed by atoms with E-state index in [4.69, 9.17) is 18.5 Å². The predicted molar refractivity (Wildman–Crippen MR) is 272 cm³/mol. The number of aliphatic hydroxyl groups excluding tert-OH is 5. The summed E-state index contributed by atoms with van der Waals surface area (Å²) in [7, 11) is -5.02. The molecule has 0 spiro atoms. The van der Waals surface area contributed by atoms with Gasteiger partial charge in [-0.05, 0) is 44.9 Å². The predicted octanol–water partition coefficient (Wildman–Crippen LogP) is 12.8. The molecule has 67 heavy (non-hydrogen) atoms. The molecule has 1 fully saturated rings. The van der Waals surface area contributed by atoms with Crippen LogP contribution in [-0.4, -0.2) is 98.9 Å². The van der Waals surface area contributed by atoms with Gasteiger partial charge in [-0.1, -0.05) is 224 Å². The summed E-state index contributed by atoms with van der Waals surface area (Å²) in [5.74, 6) is -0.477. The Kier molecular flexibility index (Phi) is 42.6. The number of hydrogen-bond acceptors (Lipinski definition) is 11. The highest BCUT2D eigenvalue weighted by Crippen LogP contribution is 2.47. The lowest BCUT2D eigenvalue weighted by atomic mass is 9.85. The number of ether oxygens (including phenoxy) is 2. The number of phosphoric acid groups is 1. The van der Waals surface area contributed by atoms with Crippen molar-refractivity contribution in [3.63, 3.8) is 0 Å². The first kappa shape index (κ1) is 63.8. The summed E-state index contributed by atoms with van der Waals surface area (Å²) in [6, 6.07) is 0. The monoisotopic (exact) mass is 975 g/mol. The molecule has 6 atom stereocenters. The molecule has 12 nitrogen and oxygen atoms in total. The maximum atomic E-state index is 12.9. The molecule has 0 aliphatic heterocycles. The quantitative estimate of drug-likeness (QED) is 0.0147. The van der Waals surface area contributed by atoms with Crippen LogP contribution in [0.15, 0.2) is 24.3 Å². The normalized spacial score (nSPS) is 21.4. The smallest absolute Gasteiger partial charge is 0.457 e. The van der Waals surface area contributed by atoms with Crippen LogP contribution in [0.1, 0.15) is 251 Å². The van der Waals surface area contributed by atoms with Crippen LogP contribution in [0.25, 0.3) is 0 Å². The first-order valence-electron chi connectivity index (χ1n) is 27.7. The number of carbonyl (C=O) groups is 1. The third kappa shape index (κ3) is 36.4. The fraction of sp³-hybridized carbons (Fsp3) is 0.907. The second-order valence-corrected chi connectivity index (χ2v) is 20.8. The molecule has 1 aliphatic rings. The van der Waals surface area contributed by atoms with E-state index in [1.165, 1.54) is 173 Å². The molecule has 0 saturated heterocycles. The van der Waals surface area contributed by atoms with Crippen LogP contribution in [0.5, 0.6) is 0 Å². The van der Waals surface area contributed by atoms with Crippen LogP contribution >= 0.6 is 7.82 Å². The van der Waals surface area contributed by atoms with Crippen LogP contribution in [0, 0.1) is 0 Å². The minimum absolute atomic E-state index is 0.0734. The first-order valence-corrected chi connectivity index (χ1v) is 29.2. The second kappa shape index (κ2) is 44.7. The Morgan fingerprint density at radius 3 is 1.28 bits per heavy atom. The zero-order valence-electron chi connectivity index (χ0n) is 42.7. The number of unbranched alkanes of at least 4 members (excludes halogenated alkanes) is 32. The number of aliphatic hydroxyl groups is 5. The molecule has 0 amide bonds. The molecule has 396 valence electrons. The zero-order valence-corrected chi connectivity index (χ0v) is 43.6. The van der Waals surface area contributed by atoms with Crippen molar-refractivity contribution >= 4 is 13.8 Å². The number of esters is 1. The largest absolute Gasteiger partial charge is 0.472 e. The van der Waals surface area contributed by atoms with Gasteiger partial charge in [0.1, 0.15) is 42.7 Å². The maximum Gasteiger partial charge on any atom is 0.472 e. The number of rotatable bonds is 48. The molecule has 13 heteroatoms. The van der Waals surface area contributed by atoms with E-state index in [2.05, 4.69) is 38.2 Å². The van der Waals surface area contributed by atoms with Gasteiger partial charge in [0.05, 0.1) is 13.2 Å². The number of allylic oxidation sites excluding steroid dienone is 4. The average molecular weight is 975 g/mol. The Morgan fingerprint density at radius 1 is 0.478 bits per heavy atom. The van der Waals surface area contributed by atoms with Crippen LogP contribution in [0.4, 0.5) is 0 Å². The molecule has 1 aliphatic carbocycles. The van der Waals surface area contributed by atoms with Crippen molar-refractivity contribution in [2.24, 2.45) is 0 Å². The van der Waals surface area contributed by atoms with Gasteiger partial charge in [0, 0.05) is 13.0 Å². The maximum absolute atomic E-state index is 12.9. The van der Waals surface area contributed by atoms with Crippen molar-refractivity contribution in [1.29, 1.82) is 0 Å². The summed E-state index contributed by atoms with van der Waals surface area (Å²) in [5, 5.41) is 50.4. The molecular weight excluding hydrogens is 872 g/mol. The number of phosphoric ester groups is 1. The van der Waals surface area contributed by atoms with Gasteiger partial charge in [-0.2, -0.15) is 0 Å². The van der Waals surface area contributed by atoms with E-state index in [0.29, 0.717) is 13.0 Å². The van der Waals surface area contributed by atoms with E-state index in [1.54, 1.807) is 0 Å². The fourth-order valence-electron chi connectivity index (χ4n) is 8.68. The highest BCUT2D eigenvalue weighted by molar-refractivity contribution is 7.47. The summed E-state index contributed by atoms with van der Waals surface area (Å²) in [6.07, 6.45) is 41.0. The third-order valence-corrected chi connectivity index (χ3v) is 14.1. The molecule has 0 heterocycles. The summed E-state index contributed by atoms with van der Waals surface area (Å²) < 4.78 is 34.4. The summed E-state index contributed by atoms with van der Waals surface area (Å²) in [5.41, 5.74) is 0. The van der Waals surface area contributed by atoms with Gasteiger partial charge in [-0.25, -0.2) is 4.57 Å². The summed E-state index contributed by atoms with van der Waals surface area (Å²) >= 11 is 0. The molecule has 0 aromatic rings. The van der Waals surface area contributed by atoms with Crippen molar-refractivity contribution in [1.82, 2.24) is 0 Å². The molecule has 1 rings (SSSR count). The fourth-order valence-corrected chi connectivity index (χ4v) is 9.66. The Bertz CT molecular complexity index is 1200. The van der Waals surface area contributed by atoms with Gasteiger partial charge in [0.2, 0.25) is 0 Å². The molecule has 6 unspecified atom stereocenters. The molecule has 1 saturated carbocycles. The van der Waals surface area contributed by atoms with E-state index < -0.39 is 63.1 Å². The SMILES string of the molecule is CCCCC/C=C\C/C=C\CCCCCCCCCCCC(=O)OC(COCCCCCCCCCCCCCCCCCCCCCCC)COP(=O)(O)OC1C(O)C(O)C(O)C(O)C1O. The summed E-state index contributed by atoms with van der Waals surface area (Å²) in [4.78, 5) is 23.3. The lowest BCUT2D eigenvalue weighted by Gasteiger charge is -2.41. The Hall–Kier alpha value is -1.18. The molecule has 0 aromatic heterocycles. The van der Waals surface area contributed by atoms with E-state index in [-0.39, 0.29) is 13.0 Å². The molecule has 0 bridgehead atoms. The Morgan fingerprint density at radius 2 is 0.836 bits per heavy atom. The minimum Gasteiger partial charge on any atom is -0.457 e. The Labute approximate surface area is 409 Å². The van der Waals surface area contributed by atoms with Crippen LogP contribution in [0.3, 0.4) is 0 Å². The molecule has 0 radical (unpaired) electrons. The standard InChI is InChI=1S/C54H103O12P/c1-3-5-7-9-11-13-15-17-19-21-23-24-26-28-30-32-34-36-38-40-42-44-63-45-47(46-64-67(61,62)66-54-52(59)50(57)49(56)51(58)53(54)60)65-48(55)43-41-39-37-35-33-31-29-27-25-22-20-18-16-14-12-10-8-6-4-2/h12,14,18,20,47,49-54,56-60H,3-11,13,15-17,19,21-46H2,1-2H3,(H,61,62)/b14-12-,20-18-. The Balaban J connectivity index is 2.29. The van der Waals surface area contributed by atoms with Crippen LogP contribution in [-0.2, 0) is 27.9 Å². The average Bonchev–Trinajstić information content (AvgIpc) is 3.31. The zero-order chi connectivity index (χ0) is 49.1. The van der Waals surface area contributed by atoms with Gasteiger partial charge in [-0.3, -0.25) is 13.8 Å². The van der Waals surface area contributed by atoms with Gasteiger partial charge in [0.25, 0.3) is 0 Å². The van der Waals surface area contributed by atoms with Crippen molar-refractivity contribution in [2.45, 2.75) is 294 Å². The lowest BCUT2D eigenvalue weighted by Crippen LogP contribution is -2.64. The van der Waals surface area contributed by atoms with Gasteiger partial charge in [0.15, 0.2) is 0 Å². The highest BCUT2D eigenvalue weighted by atomic mass is 31.2. The van der Waals surface area contributed by atoms with Crippen molar-refractivity contribution < 1.29 is 58.3 Å². The number of carbonyl (C=O) groups excluding carboxylic acids is 1. The van der Waals surface area contributed by atoms with E-state index in [9.17, 15) is 39.8 Å². The third-order valence-electron chi connectivity index (χ3n) is 13.1. The topological polar surface area (TPSA) is 192 Å². The van der Waals surface area contributed by atoms with Gasteiger partial charge in [-0.15, -0.1) is 0 Å². The van der Waals surface area contributed by atoms with Crippen molar-refractivity contribution in [3.05, 3.63) is 24.3 Å². The van der Waals surface area contributed by atoms with Gasteiger partial charge < -0.3 is 39.9 Å². The molecule has 6 N–H and O–H groups in total. The minimum atomic E-state index is -5.02. The van der Waals surface area contributed by atoms with Crippen molar-refractivity contribution in [2.75, 3.05) is 19.8 Å².